The Hall–Kier alpha value is -3.78. The summed E-state index contributed by atoms with van der Waals surface area (Å²) in [7, 11) is 3.79. The second-order valence-corrected chi connectivity index (χ2v) is 8.33. The highest BCUT2D eigenvalue weighted by Gasteiger charge is 2.46. The van der Waals surface area contributed by atoms with Crippen LogP contribution in [0.1, 0.15) is 17.2 Å². The van der Waals surface area contributed by atoms with Crippen molar-refractivity contribution in [2.75, 3.05) is 47.0 Å². The van der Waals surface area contributed by atoms with Crippen LogP contribution in [0.25, 0.3) is 5.76 Å². The van der Waals surface area contributed by atoms with E-state index >= 15 is 0 Å². The van der Waals surface area contributed by atoms with Crippen molar-refractivity contribution in [2.45, 2.75) is 6.04 Å². The fraction of sp³-hybridized carbons (Fsp3) is 0.308. The Morgan fingerprint density at radius 2 is 1.94 bits per heavy atom. The number of nitrogens with zero attached hydrogens (tertiary/aromatic N) is 2. The number of ether oxygens (including phenoxy) is 3. The first-order chi connectivity index (χ1) is 16.4. The fourth-order valence-electron chi connectivity index (χ4n) is 4.04. The van der Waals surface area contributed by atoms with Gasteiger partial charge in [0.15, 0.2) is 11.5 Å². The number of rotatable bonds is 8. The summed E-state index contributed by atoms with van der Waals surface area (Å²) in [5.41, 5.74) is 1.07. The Morgan fingerprint density at radius 1 is 1.18 bits per heavy atom. The first-order valence-corrected chi connectivity index (χ1v) is 11.1. The lowest BCUT2D eigenvalue weighted by Gasteiger charge is -2.27. The topological polar surface area (TPSA) is 88.5 Å². The summed E-state index contributed by atoms with van der Waals surface area (Å²) in [6.45, 7) is 5.69. The molecule has 1 N–H and O–H groups in total. The van der Waals surface area contributed by atoms with Gasteiger partial charge in [0.25, 0.3) is 11.7 Å². The molecule has 1 unspecified atom stereocenters. The van der Waals surface area contributed by atoms with E-state index in [2.05, 4.69) is 6.58 Å². The normalized spacial score (nSPS) is 18.9. The van der Waals surface area contributed by atoms with Crippen molar-refractivity contribution in [2.24, 2.45) is 0 Å². The molecule has 0 saturated carbocycles. The average Bonchev–Trinajstić information content (AvgIpc) is 3.10. The van der Waals surface area contributed by atoms with E-state index in [0.29, 0.717) is 61.3 Å². The number of ketones is 1. The van der Waals surface area contributed by atoms with Crippen molar-refractivity contribution in [3.8, 4) is 17.2 Å². The van der Waals surface area contributed by atoms with Gasteiger partial charge in [0.1, 0.15) is 31.3 Å². The minimum atomic E-state index is -0.763. The van der Waals surface area contributed by atoms with Gasteiger partial charge in [-0.05, 0) is 50.0 Å². The van der Waals surface area contributed by atoms with Gasteiger partial charge in [-0.1, -0.05) is 24.8 Å². The van der Waals surface area contributed by atoms with Gasteiger partial charge in [-0.3, -0.25) is 9.59 Å². The molecule has 2 heterocycles. The van der Waals surface area contributed by atoms with E-state index in [1.807, 2.05) is 25.1 Å². The molecular formula is C26H28N2O6. The van der Waals surface area contributed by atoms with E-state index < -0.39 is 17.7 Å². The van der Waals surface area contributed by atoms with Crippen molar-refractivity contribution in [3.63, 3.8) is 0 Å². The molecule has 1 amide bonds. The van der Waals surface area contributed by atoms with Crippen LogP contribution in [-0.2, 0) is 9.59 Å². The summed E-state index contributed by atoms with van der Waals surface area (Å²) in [4.78, 5) is 29.7. The molecule has 0 aromatic heterocycles. The largest absolute Gasteiger partial charge is 0.507 e. The highest BCUT2D eigenvalue weighted by atomic mass is 16.6. The number of amides is 1. The predicted molar refractivity (Wildman–Crippen MR) is 127 cm³/mol. The smallest absolute Gasteiger partial charge is 0.295 e. The number of carbonyl (C=O) groups excluding carboxylic acids is 2. The van der Waals surface area contributed by atoms with Crippen LogP contribution in [0.4, 0.5) is 0 Å². The molecule has 0 aliphatic carbocycles. The molecule has 8 nitrogen and oxygen atoms in total. The third-order valence-corrected chi connectivity index (χ3v) is 5.69. The van der Waals surface area contributed by atoms with Crippen LogP contribution >= 0.6 is 0 Å². The monoisotopic (exact) mass is 464 g/mol. The number of hydrogen-bond acceptors (Lipinski definition) is 7. The van der Waals surface area contributed by atoms with E-state index in [9.17, 15) is 14.7 Å². The van der Waals surface area contributed by atoms with Gasteiger partial charge in [0.2, 0.25) is 0 Å². The number of fused-ring (bicyclic) bond motifs is 1. The van der Waals surface area contributed by atoms with Crippen LogP contribution in [-0.4, -0.2) is 73.6 Å². The Morgan fingerprint density at radius 3 is 2.68 bits per heavy atom. The van der Waals surface area contributed by atoms with Gasteiger partial charge >= 0.3 is 0 Å². The average molecular weight is 465 g/mol. The van der Waals surface area contributed by atoms with Gasteiger partial charge in [-0.2, -0.15) is 0 Å². The molecule has 1 saturated heterocycles. The molecule has 0 spiro atoms. The van der Waals surface area contributed by atoms with Crippen molar-refractivity contribution >= 4 is 17.4 Å². The summed E-state index contributed by atoms with van der Waals surface area (Å²) >= 11 is 0. The highest BCUT2D eigenvalue weighted by molar-refractivity contribution is 6.46. The number of Topliss-reactive ketones (excluding diaryl/α,β-unsaturated/α-hetero) is 1. The first kappa shape index (κ1) is 23.4. The fourth-order valence-corrected chi connectivity index (χ4v) is 4.04. The van der Waals surface area contributed by atoms with Crippen LogP contribution < -0.4 is 14.2 Å². The van der Waals surface area contributed by atoms with Crippen LogP contribution in [0, 0.1) is 0 Å². The number of likely N-dealkylation sites (N-methyl/N-ethyl adjacent to an activating group) is 1. The lowest BCUT2D eigenvalue weighted by atomic mass is 9.95. The molecule has 2 aromatic rings. The minimum absolute atomic E-state index is 0.0290. The maximum absolute atomic E-state index is 13.2. The summed E-state index contributed by atoms with van der Waals surface area (Å²) in [6.07, 6.45) is 1.64. The molecule has 178 valence electrons. The van der Waals surface area contributed by atoms with Crippen LogP contribution in [0.15, 0.2) is 60.7 Å². The number of carbonyl (C=O) groups is 2. The lowest BCUT2D eigenvalue weighted by Crippen LogP contribution is -2.35. The Balaban J connectivity index is 1.81. The zero-order chi connectivity index (χ0) is 24.2. The van der Waals surface area contributed by atoms with E-state index in [1.165, 1.54) is 4.90 Å². The standard InChI is InChI=1S/C26H28N2O6/c1-4-12-32-19-7-5-6-17(15-19)23-22(25(30)26(31)28(23)11-10-27(2)3)24(29)18-8-9-20-21(16-18)34-14-13-33-20/h4-9,15-16,23,29H,1,10-14H2,2-3H3. The molecule has 2 aliphatic rings. The first-order valence-electron chi connectivity index (χ1n) is 11.1. The van der Waals surface area contributed by atoms with Gasteiger partial charge in [-0.15, -0.1) is 0 Å². The molecule has 4 rings (SSSR count). The molecule has 2 aliphatic heterocycles. The third-order valence-electron chi connectivity index (χ3n) is 5.69. The molecule has 0 radical (unpaired) electrons. The van der Waals surface area contributed by atoms with E-state index in [4.69, 9.17) is 14.2 Å². The predicted octanol–water partition coefficient (Wildman–Crippen LogP) is 3.01. The number of hydrogen-bond donors (Lipinski definition) is 1. The van der Waals surface area contributed by atoms with Gasteiger partial charge in [0.05, 0.1) is 11.6 Å². The molecule has 1 atom stereocenters. The van der Waals surface area contributed by atoms with Crippen LogP contribution in [0.5, 0.6) is 17.2 Å². The van der Waals surface area contributed by atoms with Gasteiger partial charge in [-0.25, -0.2) is 0 Å². The molecule has 2 aromatic carbocycles. The van der Waals surface area contributed by atoms with Crippen molar-refractivity contribution in [1.82, 2.24) is 9.80 Å². The molecule has 0 bridgehead atoms. The summed E-state index contributed by atoms with van der Waals surface area (Å²) in [5, 5.41) is 11.3. The van der Waals surface area contributed by atoms with Crippen LogP contribution in [0.3, 0.4) is 0 Å². The molecule has 34 heavy (non-hydrogen) atoms. The van der Waals surface area contributed by atoms with Gasteiger partial charge in [0, 0.05) is 18.7 Å². The molecule has 8 heteroatoms. The van der Waals surface area contributed by atoms with Crippen molar-refractivity contribution < 1.29 is 28.9 Å². The van der Waals surface area contributed by atoms with E-state index in [1.54, 1.807) is 42.5 Å². The summed E-state index contributed by atoms with van der Waals surface area (Å²) in [5.74, 6) is -0.0108. The minimum Gasteiger partial charge on any atom is -0.507 e. The number of benzene rings is 2. The quantitative estimate of drug-likeness (QED) is 0.278. The SMILES string of the molecule is C=CCOc1cccc(C2C(=C(O)c3ccc4c(c3)OCCO4)C(=O)C(=O)N2CCN(C)C)c1. The van der Waals surface area contributed by atoms with Crippen LogP contribution in [0.2, 0.25) is 0 Å². The van der Waals surface area contributed by atoms with Crippen molar-refractivity contribution in [1.29, 1.82) is 0 Å². The lowest BCUT2D eigenvalue weighted by molar-refractivity contribution is -0.140. The summed E-state index contributed by atoms with van der Waals surface area (Å²) < 4.78 is 16.8. The second-order valence-electron chi connectivity index (χ2n) is 8.33. The Bertz CT molecular complexity index is 1140. The van der Waals surface area contributed by atoms with E-state index in [-0.39, 0.29) is 11.3 Å². The number of aliphatic hydroxyl groups is 1. The second kappa shape index (κ2) is 10.0. The molecular weight excluding hydrogens is 436 g/mol. The highest BCUT2D eigenvalue weighted by Crippen LogP contribution is 2.41. The number of aliphatic hydroxyl groups excluding tert-OH is 1. The third kappa shape index (κ3) is 4.63. The molecule has 1 fully saturated rings. The maximum atomic E-state index is 13.2. The van der Waals surface area contributed by atoms with E-state index in [0.717, 1.165) is 0 Å². The van der Waals surface area contributed by atoms with Gasteiger partial charge < -0.3 is 29.1 Å². The van der Waals surface area contributed by atoms with Crippen molar-refractivity contribution in [3.05, 3.63) is 71.8 Å². The zero-order valence-electron chi connectivity index (χ0n) is 19.3. The summed E-state index contributed by atoms with van der Waals surface area (Å²) in [6, 6.07) is 11.4. The zero-order valence-corrected chi connectivity index (χ0v) is 19.3. The maximum Gasteiger partial charge on any atom is 0.295 e. The number of likely N-dealkylation sites (tertiary alicyclic amines) is 1. The Kier molecular flexibility index (Phi) is 6.88. The Labute approximate surface area is 198 Å².